The zero-order valence-corrected chi connectivity index (χ0v) is 11.2. The van der Waals surface area contributed by atoms with Crippen LogP contribution in [0.5, 0.6) is 0 Å². The van der Waals surface area contributed by atoms with Crippen LogP contribution >= 0.6 is 0 Å². The van der Waals surface area contributed by atoms with E-state index in [1.165, 1.54) is 18.9 Å². The first-order chi connectivity index (χ1) is 9.11. The van der Waals surface area contributed by atoms with Gasteiger partial charge in [0.05, 0.1) is 4.92 Å². The van der Waals surface area contributed by atoms with Crippen LogP contribution in [0.3, 0.4) is 0 Å². The lowest BCUT2D eigenvalue weighted by Gasteiger charge is -2.21. The minimum atomic E-state index is -0.498. The van der Waals surface area contributed by atoms with Gasteiger partial charge in [0.2, 0.25) is 5.82 Å². The molecule has 1 saturated heterocycles. The van der Waals surface area contributed by atoms with Crippen LogP contribution in [0.1, 0.15) is 32.6 Å². The highest BCUT2D eigenvalue weighted by molar-refractivity contribution is 5.58. The summed E-state index contributed by atoms with van der Waals surface area (Å²) in [5.41, 5.74) is 5.52. The lowest BCUT2D eigenvalue weighted by Crippen LogP contribution is -2.25. The van der Waals surface area contributed by atoms with Gasteiger partial charge in [-0.3, -0.25) is 10.1 Å². The summed E-state index contributed by atoms with van der Waals surface area (Å²) in [6.07, 6.45) is 4.74. The van der Waals surface area contributed by atoms with E-state index in [-0.39, 0.29) is 11.5 Å². The standard InChI is InChI=1S/C13H20N4O2/c1-2-10-4-3-8-16(9-7-10)12-6-5-11(17(18)19)13(14)15-12/h5-6,10H,2-4,7-9H2,1H3,(H2,14,15). The number of nitrogens with two attached hydrogens (primary N) is 1. The molecular weight excluding hydrogens is 244 g/mol. The fraction of sp³-hybridized carbons (Fsp3) is 0.615. The highest BCUT2D eigenvalue weighted by Crippen LogP contribution is 2.26. The minimum absolute atomic E-state index is 0.00112. The van der Waals surface area contributed by atoms with Crippen molar-refractivity contribution in [2.24, 2.45) is 5.92 Å². The maximum Gasteiger partial charge on any atom is 0.311 e. The molecular formula is C13H20N4O2. The van der Waals surface area contributed by atoms with Crippen molar-refractivity contribution in [1.29, 1.82) is 0 Å². The second kappa shape index (κ2) is 5.86. The highest BCUT2D eigenvalue weighted by atomic mass is 16.6. The Morgan fingerprint density at radius 1 is 1.47 bits per heavy atom. The Morgan fingerprint density at radius 3 is 2.89 bits per heavy atom. The topological polar surface area (TPSA) is 85.3 Å². The Hall–Kier alpha value is -1.85. The summed E-state index contributed by atoms with van der Waals surface area (Å²) in [4.78, 5) is 16.6. The molecule has 104 valence electrons. The van der Waals surface area contributed by atoms with Crippen molar-refractivity contribution in [2.75, 3.05) is 23.7 Å². The van der Waals surface area contributed by atoms with E-state index in [0.29, 0.717) is 0 Å². The zero-order chi connectivity index (χ0) is 13.8. The van der Waals surface area contributed by atoms with Crippen molar-refractivity contribution >= 4 is 17.3 Å². The Bertz CT molecular complexity index is 464. The summed E-state index contributed by atoms with van der Waals surface area (Å²) < 4.78 is 0. The van der Waals surface area contributed by atoms with Gasteiger partial charge in [-0.1, -0.05) is 13.3 Å². The molecule has 1 fully saturated rings. The predicted molar refractivity (Wildman–Crippen MR) is 75.1 cm³/mol. The van der Waals surface area contributed by atoms with E-state index in [0.717, 1.165) is 37.7 Å². The summed E-state index contributed by atoms with van der Waals surface area (Å²) >= 11 is 0. The Kier molecular flexibility index (Phi) is 4.19. The SMILES string of the molecule is CCC1CCCN(c2ccc([N+](=O)[O-])c(N)n2)CC1. The Labute approximate surface area is 112 Å². The average Bonchev–Trinajstić information content (AvgIpc) is 2.63. The number of nitro groups is 1. The molecule has 0 radical (unpaired) electrons. The summed E-state index contributed by atoms with van der Waals surface area (Å²) in [6, 6.07) is 3.14. The second-order valence-corrected chi connectivity index (χ2v) is 5.02. The van der Waals surface area contributed by atoms with E-state index in [9.17, 15) is 10.1 Å². The van der Waals surface area contributed by atoms with Crippen LogP contribution in [0, 0.1) is 16.0 Å². The van der Waals surface area contributed by atoms with Gasteiger partial charge in [-0.2, -0.15) is 0 Å². The fourth-order valence-corrected chi connectivity index (χ4v) is 2.59. The van der Waals surface area contributed by atoms with Crippen molar-refractivity contribution in [3.05, 3.63) is 22.2 Å². The quantitative estimate of drug-likeness (QED) is 0.670. The molecule has 1 aromatic rings. The molecule has 2 rings (SSSR count). The number of aromatic nitrogens is 1. The number of pyridine rings is 1. The molecule has 0 aromatic carbocycles. The van der Waals surface area contributed by atoms with Crippen molar-refractivity contribution in [3.63, 3.8) is 0 Å². The number of hydrogen-bond acceptors (Lipinski definition) is 5. The maximum absolute atomic E-state index is 10.7. The normalized spacial score (nSPS) is 20.1. The van der Waals surface area contributed by atoms with Gasteiger partial charge in [0, 0.05) is 19.2 Å². The lowest BCUT2D eigenvalue weighted by atomic mass is 9.98. The molecule has 0 aliphatic carbocycles. The summed E-state index contributed by atoms with van der Waals surface area (Å²) in [5.74, 6) is 1.53. The third kappa shape index (κ3) is 3.13. The molecule has 1 aromatic heterocycles. The molecule has 0 spiro atoms. The van der Waals surface area contributed by atoms with E-state index in [1.807, 2.05) is 0 Å². The van der Waals surface area contributed by atoms with E-state index >= 15 is 0 Å². The van der Waals surface area contributed by atoms with Gasteiger partial charge in [-0.05, 0) is 31.2 Å². The van der Waals surface area contributed by atoms with Crippen LogP contribution in [0.2, 0.25) is 0 Å². The van der Waals surface area contributed by atoms with Gasteiger partial charge in [-0.15, -0.1) is 0 Å². The smallest absolute Gasteiger partial charge is 0.311 e. The zero-order valence-electron chi connectivity index (χ0n) is 11.2. The molecule has 1 aliphatic rings. The van der Waals surface area contributed by atoms with E-state index in [1.54, 1.807) is 6.07 Å². The second-order valence-electron chi connectivity index (χ2n) is 5.02. The van der Waals surface area contributed by atoms with Gasteiger partial charge in [0.15, 0.2) is 0 Å². The van der Waals surface area contributed by atoms with E-state index in [2.05, 4.69) is 16.8 Å². The first-order valence-corrected chi connectivity index (χ1v) is 6.77. The molecule has 0 bridgehead atoms. The lowest BCUT2D eigenvalue weighted by molar-refractivity contribution is -0.384. The maximum atomic E-state index is 10.7. The van der Waals surface area contributed by atoms with Crippen molar-refractivity contribution in [3.8, 4) is 0 Å². The predicted octanol–water partition coefficient (Wildman–Crippen LogP) is 2.59. The molecule has 2 heterocycles. The molecule has 6 nitrogen and oxygen atoms in total. The molecule has 19 heavy (non-hydrogen) atoms. The third-order valence-electron chi connectivity index (χ3n) is 3.83. The minimum Gasteiger partial charge on any atom is -0.378 e. The Morgan fingerprint density at radius 2 is 2.26 bits per heavy atom. The van der Waals surface area contributed by atoms with Gasteiger partial charge in [0.1, 0.15) is 5.82 Å². The molecule has 1 aliphatic heterocycles. The number of anilines is 2. The monoisotopic (exact) mass is 264 g/mol. The van der Waals surface area contributed by atoms with Crippen LogP contribution in [0.25, 0.3) is 0 Å². The van der Waals surface area contributed by atoms with E-state index < -0.39 is 4.92 Å². The summed E-state index contributed by atoms with van der Waals surface area (Å²) in [7, 11) is 0. The Balaban J connectivity index is 2.13. The van der Waals surface area contributed by atoms with Crippen LogP contribution in [0.15, 0.2) is 12.1 Å². The first kappa shape index (κ1) is 13.6. The molecule has 0 saturated carbocycles. The number of hydrogen-bond donors (Lipinski definition) is 1. The average molecular weight is 264 g/mol. The molecule has 1 unspecified atom stereocenters. The van der Waals surface area contributed by atoms with E-state index in [4.69, 9.17) is 5.73 Å². The molecule has 2 N–H and O–H groups in total. The van der Waals surface area contributed by atoms with Crippen LogP contribution in [-0.4, -0.2) is 23.0 Å². The molecule has 0 amide bonds. The van der Waals surface area contributed by atoms with Gasteiger partial charge >= 0.3 is 5.69 Å². The van der Waals surface area contributed by atoms with Gasteiger partial charge in [0.25, 0.3) is 0 Å². The van der Waals surface area contributed by atoms with Crippen LogP contribution in [-0.2, 0) is 0 Å². The number of nitrogen functional groups attached to an aromatic ring is 1. The molecule has 1 atom stereocenters. The van der Waals surface area contributed by atoms with Crippen LogP contribution in [0.4, 0.5) is 17.3 Å². The summed E-state index contributed by atoms with van der Waals surface area (Å²) in [6.45, 7) is 4.12. The number of rotatable bonds is 3. The third-order valence-corrected chi connectivity index (χ3v) is 3.83. The summed E-state index contributed by atoms with van der Waals surface area (Å²) in [5, 5.41) is 10.7. The fourth-order valence-electron chi connectivity index (χ4n) is 2.59. The van der Waals surface area contributed by atoms with Crippen molar-refractivity contribution in [1.82, 2.24) is 4.98 Å². The van der Waals surface area contributed by atoms with Gasteiger partial charge < -0.3 is 10.6 Å². The van der Waals surface area contributed by atoms with Crippen molar-refractivity contribution in [2.45, 2.75) is 32.6 Å². The van der Waals surface area contributed by atoms with Gasteiger partial charge in [-0.25, -0.2) is 4.98 Å². The van der Waals surface area contributed by atoms with Crippen LogP contribution < -0.4 is 10.6 Å². The number of nitrogens with zero attached hydrogens (tertiary/aromatic N) is 3. The highest BCUT2D eigenvalue weighted by Gasteiger charge is 2.19. The van der Waals surface area contributed by atoms with Crippen molar-refractivity contribution < 1.29 is 4.92 Å². The molecule has 6 heteroatoms. The largest absolute Gasteiger partial charge is 0.378 e. The first-order valence-electron chi connectivity index (χ1n) is 6.77.